The highest BCUT2D eigenvalue weighted by molar-refractivity contribution is 5.94. The molecule has 17 heavy (non-hydrogen) atoms. The van der Waals surface area contributed by atoms with Crippen molar-refractivity contribution in [3.05, 3.63) is 29.3 Å². The van der Waals surface area contributed by atoms with Crippen molar-refractivity contribution in [1.82, 2.24) is 0 Å². The lowest BCUT2D eigenvalue weighted by molar-refractivity contribution is -0.117. The molecule has 0 aromatic heterocycles. The van der Waals surface area contributed by atoms with Gasteiger partial charge in [-0.15, -0.1) is 0 Å². The first-order valence-corrected chi connectivity index (χ1v) is 6.24. The smallest absolute Gasteiger partial charge is 0.224 e. The summed E-state index contributed by atoms with van der Waals surface area (Å²) in [6, 6.07) is 6.39. The zero-order valence-electron chi connectivity index (χ0n) is 11.4. The van der Waals surface area contributed by atoms with E-state index < -0.39 is 0 Å². The highest BCUT2D eigenvalue weighted by Crippen LogP contribution is 2.43. The minimum absolute atomic E-state index is 0.0898. The van der Waals surface area contributed by atoms with Crippen LogP contribution in [0.1, 0.15) is 51.2 Å². The Bertz CT molecular complexity index is 462. The van der Waals surface area contributed by atoms with Crippen LogP contribution < -0.4 is 4.90 Å². The Morgan fingerprint density at radius 3 is 2.65 bits per heavy atom. The summed E-state index contributed by atoms with van der Waals surface area (Å²) in [7, 11) is 0. The van der Waals surface area contributed by atoms with Crippen LogP contribution >= 0.6 is 0 Å². The van der Waals surface area contributed by atoms with Gasteiger partial charge in [0.05, 0.1) is 0 Å². The largest absolute Gasteiger partial charge is 0.307 e. The number of hydrogen-bond donors (Lipinski definition) is 0. The van der Waals surface area contributed by atoms with Gasteiger partial charge in [0, 0.05) is 18.2 Å². The van der Waals surface area contributed by atoms with E-state index in [9.17, 15) is 4.79 Å². The molecule has 1 unspecified atom stereocenters. The Morgan fingerprint density at radius 1 is 1.41 bits per heavy atom. The highest BCUT2D eigenvalue weighted by Gasteiger charge is 2.38. The fourth-order valence-corrected chi connectivity index (χ4v) is 3.14. The SMILES string of the molecule is CC(=O)N1c2ccc(C)cc2C(C)CC1(C)C. The van der Waals surface area contributed by atoms with Crippen LogP contribution in [0, 0.1) is 6.92 Å². The number of carbonyl (C=O) groups is 1. The standard InChI is InChI=1S/C15H21NO/c1-10-6-7-14-13(8-10)11(2)9-15(4,5)16(14)12(3)17/h6-8,11H,9H2,1-5H3. The number of fused-ring (bicyclic) bond motifs is 1. The van der Waals surface area contributed by atoms with Gasteiger partial charge in [0.25, 0.3) is 0 Å². The highest BCUT2D eigenvalue weighted by atomic mass is 16.2. The van der Waals surface area contributed by atoms with Gasteiger partial charge in [0.15, 0.2) is 0 Å². The van der Waals surface area contributed by atoms with Crippen LogP contribution in [0.4, 0.5) is 5.69 Å². The molecule has 2 nitrogen and oxygen atoms in total. The molecule has 2 heteroatoms. The molecule has 1 aliphatic heterocycles. The van der Waals surface area contributed by atoms with Crippen molar-refractivity contribution in [1.29, 1.82) is 0 Å². The molecule has 0 fully saturated rings. The summed E-state index contributed by atoms with van der Waals surface area (Å²) in [6.07, 6.45) is 1.02. The third-order valence-corrected chi connectivity index (χ3v) is 3.68. The number of anilines is 1. The quantitative estimate of drug-likeness (QED) is 0.667. The van der Waals surface area contributed by atoms with Crippen LogP contribution in [-0.4, -0.2) is 11.4 Å². The normalized spacial score (nSPS) is 22.2. The fraction of sp³-hybridized carbons (Fsp3) is 0.533. The van der Waals surface area contributed by atoms with Crippen LogP contribution in [0.25, 0.3) is 0 Å². The number of aryl methyl sites for hydroxylation is 1. The molecule has 0 radical (unpaired) electrons. The molecule has 92 valence electrons. The second-order valence-electron chi connectivity index (χ2n) is 5.83. The second kappa shape index (κ2) is 3.86. The second-order valence-corrected chi connectivity index (χ2v) is 5.83. The maximum Gasteiger partial charge on any atom is 0.224 e. The van der Waals surface area contributed by atoms with Crippen LogP contribution in [0.15, 0.2) is 18.2 Å². The first kappa shape index (κ1) is 12.2. The number of nitrogens with zero attached hydrogens (tertiary/aromatic N) is 1. The topological polar surface area (TPSA) is 20.3 Å². The van der Waals surface area contributed by atoms with Crippen LogP contribution in [0.2, 0.25) is 0 Å². The monoisotopic (exact) mass is 231 g/mol. The summed E-state index contributed by atoms with van der Waals surface area (Å²) in [5.41, 5.74) is 3.57. The molecule has 1 amide bonds. The zero-order chi connectivity index (χ0) is 12.8. The lowest BCUT2D eigenvalue weighted by atomic mass is 9.79. The molecule has 0 N–H and O–H groups in total. The van der Waals surface area contributed by atoms with E-state index in [4.69, 9.17) is 0 Å². The third kappa shape index (κ3) is 1.97. The Kier molecular flexibility index (Phi) is 2.76. The van der Waals surface area contributed by atoms with Gasteiger partial charge in [-0.2, -0.15) is 0 Å². The molecule has 0 spiro atoms. The fourth-order valence-electron chi connectivity index (χ4n) is 3.14. The Morgan fingerprint density at radius 2 is 2.06 bits per heavy atom. The van der Waals surface area contributed by atoms with E-state index in [1.54, 1.807) is 6.92 Å². The summed E-state index contributed by atoms with van der Waals surface area (Å²) in [5.74, 6) is 0.641. The van der Waals surface area contributed by atoms with Crippen molar-refractivity contribution in [3.8, 4) is 0 Å². The van der Waals surface area contributed by atoms with Gasteiger partial charge >= 0.3 is 0 Å². The maximum absolute atomic E-state index is 11.9. The van der Waals surface area contributed by atoms with Gasteiger partial charge in [-0.25, -0.2) is 0 Å². The summed E-state index contributed by atoms with van der Waals surface area (Å²) >= 11 is 0. The first-order valence-electron chi connectivity index (χ1n) is 6.24. The van der Waals surface area contributed by atoms with Crippen molar-refractivity contribution in [3.63, 3.8) is 0 Å². The molecule has 1 heterocycles. The van der Waals surface area contributed by atoms with Gasteiger partial charge in [-0.1, -0.05) is 24.6 Å². The minimum Gasteiger partial charge on any atom is -0.307 e. The average molecular weight is 231 g/mol. The van der Waals surface area contributed by atoms with Crippen molar-refractivity contribution in [2.75, 3.05) is 4.90 Å². The molecule has 1 aromatic carbocycles. The van der Waals surface area contributed by atoms with Gasteiger partial charge in [-0.3, -0.25) is 4.79 Å². The van der Waals surface area contributed by atoms with E-state index in [-0.39, 0.29) is 11.4 Å². The number of rotatable bonds is 0. The molecular formula is C15H21NO. The van der Waals surface area contributed by atoms with E-state index in [0.29, 0.717) is 5.92 Å². The number of amides is 1. The predicted octanol–water partition coefficient (Wildman–Crippen LogP) is 3.63. The van der Waals surface area contributed by atoms with E-state index in [2.05, 4.69) is 45.9 Å². The predicted molar refractivity (Wildman–Crippen MR) is 71.5 cm³/mol. The Labute approximate surface area is 104 Å². The van der Waals surface area contributed by atoms with Crippen LogP contribution in [0.3, 0.4) is 0 Å². The van der Waals surface area contributed by atoms with Gasteiger partial charge < -0.3 is 4.90 Å². The zero-order valence-corrected chi connectivity index (χ0v) is 11.4. The molecule has 0 bridgehead atoms. The van der Waals surface area contributed by atoms with Crippen molar-refractivity contribution in [2.45, 2.75) is 52.5 Å². The van der Waals surface area contributed by atoms with Gasteiger partial charge in [-0.05, 0) is 44.7 Å². The third-order valence-electron chi connectivity index (χ3n) is 3.68. The van der Waals surface area contributed by atoms with Crippen molar-refractivity contribution < 1.29 is 4.79 Å². The molecular weight excluding hydrogens is 210 g/mol. The van der Waals surface area contributed by atoms with Gasteiger partial charge in [0.1, 0.15) is 0 Å². The maximum atomic E-state index is 11.9. The molecule has 1 atom stereocenters. The molecule has 0 saturated carbocycles. The number of benzene rings is 1. The molecule has 0 saturated heterocycles. The van der Waals surface area contributed by atoms with Crippen LogP contribution in [0.5, 0.6) is 0 Å². The number of carbonyl (C=O) groups excluding carboxylic acids is 1. The summed E-state index contributed by atoms with van der Waals surface area (Å²) in [6.45, 7) is 10.3. The molecule has 2 rings (SSSR count). The van der Waals surface area contributed by atoms with Crippen molar-refractivity contribution >= 4 is 11.6 Å². The summed E-state index contributed by atoms with van der Waals surface area (Å²) in [5, 5.41) is 0. The average Bonchev–Trinajstić information content (AvgIpc) is 2.17. The van der Waals surface area contributed by atoms with E-state index in [1.807, 2.05) is 4.90 Å². The van der Waals surface area contributed by atoms with Gasteiger partial charge in [0.2, 0.25) is 5.91 Å². The lowest BCUT2D eigenvalue weighted by Crippen LogP contribution is -2.50. The molecule has 1 aliphatic rings. The van der Waals surface area contributed by atoms with E-state index in [0.717, 1.165) is 12.1 Å². The summed E-state index contributed by atoms with van der Waals surface area (Å²) in [4.78, 5) is 13.8. The Balaban J connectivity index is 2.61. The minimum atomic E-state index is -0.0898. The lowest BCUT2D eigenvalue weighted by Gasteiger charge is -2.45. The molecule has 1 aromatic rings. The Hall–Kier alpha value is -1.31. The van der Waals surface area contributed by atoms with Crippen LogP contribution in [-0.2, 0) is 4.79 Å². The number of hydrogen-bond acceptors (Lipinski definition) is 1. The first-order chi connectivity index (χ1) is 7.83. The van der Waals surface area contributed by atoms with E-state index in [1.165, 1.54) is 11.1 Å². The molecule has 0 aliphatic carbocycles. The van der Waals surface area contributed by atoms with Crippen molar-refractivity contribution in [2.24, 2.45) is 0 Å². The summed E-state index contributed by atoms with van der Waals surface area (Å²) < 4.78 is 0. The van der Waals surface area contributed by atoms with E-state index >= 15 is 0 Å².